The van der Waals surface area contributed by atoms with Gasteiger partial charge in [0.15, 0.2) is 0 Å². The van der Waals surface area contributed by atoms with Gasteiger partial charge in [-0.15, -0.1) is 0 Å². The molecular formula is C18H25N3. The van der Waals surface area contributed by atoms with Crippen molar-refractivity contribution in [3.8, 4) is 0 Å². The van der Waals surface area contributed by atoms with E-state index in [9.17, 15) is 0 Å². The number of pyridine rings is 1. The number of rotatable bonds is 6. The van der Waals surface area contributed by atoms with Crippen LogP contribution in [0, 0.1) is 0 Å². The lowest BCUT2D eigenvalue weighted by Gasteiger charge is -2.20. The number of para-hydroxylation sites is 1. The number of benzene rings is 1. The highest BCUT2D eigenvalue weighted by atomic mass is 15.2. The molecule has 3 heteroatoms. The topological polar surface area (TPSA) is 28.2 Å². The Hall–Kier alpha value is -1.87. The first-order valence-electron chi connectivity index (χ1n) is 7.45. The van der Waals surface area contributed by atoms with Crippen LogP contribution >= 0.6 is 0 Å². The van der Waals surface area contributed by atoms with Crippen LogP contribution in [0.2, 0.25) is 0 Å². The third-order valence-corrected chi connectivity index (χ3v) is 3.39. The molecule has 0 saturated carbocycles. The lowest BCUT2D eigenvalue weighted by atomic mass is 10.1. The number of nitrogens with zero attached hydrogens (tertiary/aromatic N) is 2. The Morgan fingerprint density at radius 1 is 1.33 bits per heavy atom. The molecule has 112 valence electrons. The fourth-order valence-corrected chi connectivity index (χ4v) is 2.37. The highest BCUT2D eigenvalue weighted by Crippen LogP contribution is 2.23. The Kier molecular flexibility index (Phi) is 4.97. The van der Waals surface area contributed by atoms with Crippen LogP contribution in [-0.4, -0.2) is 24.6 Å². The first kappa shape index (κ1) is 15.5. The molecule has 0 saturated heterocycles. The summed E-state index contributed by atoms with van der Waals surface area (Å²) in [6.45, 7) is 12.0. The van der Waals surface area contributed by atoms with Crippen LogP contribution in [0.15, 0.2) is 42.5 Å². The molecule has 2 aromatic rings. The van der Waals surface area contributed by atoms with Gasteiger partial charge in [0, 0.05) is 31.6 Å². The Morgan fingerprint density at radius 2 is 2.05 bits per heavy atom. The molecule has 0 bridgehead atoms. The van der Waals surface area contributed by atoms with Gasteiger partial charge in [-0.25, -0.2) is 4.98 Å². The van der Waals surface area contributed by atoms with Crippen LogP contribution in [0.25, 0.3) is 10.9 Å². The number of nitrogens with one attached hydrogen (secondary N) is 1. The summed E-state index contributed by atoms with van der Waals surface area (Å²) in [5.41, 5.74) is 3.47. The van der Waals surface area contributed by atoms with Gasteiger partial charge in [-0.1, -0.05) is 44.2 Å². The number of hydrogen-bond donors (Lipinski definition) is 1. The molecule has 0 aliphatic heterocycles. The number of hydrogen-bond acceptors (Lipinski definition) is 3. The molecule has 3 nitrogen and oxygen atoms in total. The first-order chi connectivity index (χ1) is 9.97. The molecule has 0 radical (unpaired) electrons. The van der Waals surface area contributed by atoms with Crippen LogP contribution in [0.3, 0.4) is 0 Å². The Bertz CT molecular complexity index is 631. The summed E-state index contributed by atoms with van der Waals surface area (Å²) in [7, 11) is 2.06. The van der Waals surface area contributed by atoms with Gasteiger partial charge < -0.3 is 10.2 Å². The number of likely N-dealkylation sites (N-methyl/N-ethyl adjacent to an activating group) is 1. The highest BCUT2D eigenvalue weighted by Gasteiger charge is 2.09. The monoisotopic (exact) mass is 283 g/mol. The van der Waals surface area contributed by atoms with Crippen molar-refractivity contribution in [3.63, 3.8) is 0 Å². The second kappa shape index (κ2) is 6.72. The molecule has 2 rings (SSSR count). The smallest absolute Gasteiger partial charge is 0.129 e. The molecule has 0 unspecified atom stereocenters. The number of anilines is 1. The molecule has 0 aliphatic rings. The van der Waals surface area contributed by atoms with Gasteiger partial charge >= 0.3 is 0 Å². The van der Waals surface area contributed by atoms with Crippen molar-refractivity contribution in [2.45, 2.75) is 33.4 Å². The minimum absolute atomic E-state index is 0.466. The quantitative estimate of drug-likeness (QED) is 0.818. The summed E-state index contributed by atoms with van der Waals surface area (Å²) in [5.74, 6) is 0.997. The second-order valence-electron chi connectivity index (χ2n) is 6.01. The van der Waals surface area contributed by atoms with Gasteiger partial charge in [-0.05, 0) is 24.6 Å². The maximum atomic E-state index is 4.77. The maximum absolute atomic E-state index is 4.77. The molecular weight excluding hydrogens is 258 g/mol. The van der Waals surface area contributed by atoms with E-state index in [-0.39, 0.29) is 0 Å². The summed E-state index contributed by atoms with van der Waals surface area (Å²) < 4.78 is 0. The Morgan fingerprint density at radius 3 is 2.71 bits per heavy atom. The van der Waals surface area contributed by atoms with Crippen molar-refractivity contribution in [1.29, 1.82) is 0 Å². The molecule has 1 aromatic carbocycles. The van der Waals surface area contributed by atoms with Gasteiger partial charge in [-0.2, -0.15) is 0 Å². The fourth-order valence-electron chi connectivity index (χ4n) is 2.37. The van der Waals surface area contributed by atoms with Gasteiger partial charge in [0.1, 0.15) is 5.82 Å². The molecule has 0 atom stereocenters. The van der Waals surface area contributed by atoms with Gasteiger partial charge in [-0.3, -0.25) is 0 Å². The van der Waals surface area contributed by atoms with E-state index in [4.69, 9.17) is 4.98 Å². The molecule has 1 aromatic heterocycles. The number of fused-ring (bicyclic) bond motifs is 1. The van der Waals surface area contributed by atoms with E-state index in [1.807, 2.05) is 13.0 Å². The number of aromatic nitrogens is 1. The summed E-state index contributed by atoms with van der Waals surface area (Å²) in [6, 6.07) is 11.0. The van der Waals surface area contributed by atoms with E-state index < -0.39 is 0 Å². The van der Waals surface area contributed by atoms with Crippen LogP contribution in [0.4, 0.5) is 5.82 Å². The fraction of sp³-hybridized carbons (Fsp3) is 0.389. The van der Waals surface area contributed by atoms with Crippen molar-refractivity contribution in [1.82, 2.24) is 10.3 Å². The molecule has 1 N–H and O–H groups in total. The third kappa shape index (κ3) is 4.05. The van der Waals surface area contributed by atoms with E-state index >= 15 is 0 Å². The van der Waals surface area contributed by atoms with Gasteiger partial charge in [0.05, 0.1) is 5.52 Å². The van der Waals surface area contributed by atoms with E-state index in [1.165, 1.54) is 10.9 Å². The van der Waals surface area contributed by atoms with E-state index in [0.717, 1.165) is 30.0 Å². The lowest BCUT2D eigenvalue weighted by molar-refractivity contribution is 0.590. The minimum Gasteiger partial charge on any atom is -0.356 e. The van der Waals surface area contributed by atoms with Gasteiger partial charge in [0.2, 0.25) is 0 Å². The SMILES string of the molecule is C=C(C)CN(C)c1cc(CNC(C)C)c2ccccc2n1. The average molecular weight is 283 g/mol. The molecule has 0 amide bonds. The highest BCUT2D eigenvalue weighted by molar-refractivity contribution is 5.84. The predicted octanol–water partition coefficient (Wildman–Crippen LogP) is 3.75. The van der Waals surface area contributed by atoms with Crippen LogP contribution < -0.4 is 10.2 Å². The van der Waals surface area contributed by atoms with Crippen molar-refractivity contribution < 1.29 is 0 Å². The summed E-state index contributed by atoms with van der Waals surface area (Å²) in [4.78, 5) is 6.92. The molecule has 0 fully saturated rings. The van der Waals surface area contributed by atoms with Crippen LogP contribution in [-0.2, 0) is 6.54 Å². The molecule has 0 aliphatic carbocycles. The maximum Gasteiger partial charge on any atom is 0.129 e. The molecule has 1 heterocycles. The Labute approximate surface area is 127 Å². The summed E-state index contributed by atoms with van der Waals surface area (Å²) in [5, 5.41) is 4.72. The standard InChI is InChI=1S/C18H25N3/c1-13(2)12-21(5)18-10-15(11-19-14(3)4)16-8-6-7-9-17(16)20-18/h6-10,14,19H,1,11-12H2,2-5H3. The van der Waals surface area contributed by atoms with Crippen molar-refractivity contribution in [2.75, 3.05) is 18.5 Å². The van der Waals surface area contributed by atoms with Crippen molar-refractivity contribution in [2.24, 2.45) is 0 Å². The van der Waals surface area contributed by atoms with Gasteiger partial charge in [0.25, 0.3) is 0 Å². The Balaban J connectivity index is 2.41. The second-order valence-corrected chi connectivity index (χ2v) is 6.01. The zero-order valence-corrected chi connectivity index (χ0v) is 13.5. The van der Waals surface area contributed by atoms with E-state index in [2.05, 4.69) is 62.0 Å². The van der Waals surface area contributed by atoms with E-state index in [0.29, 0.717) is 6.04 Å². The van der Waals surface area contributed by atoms with Crippen LogP contribution in [0.5, 0.6) is 0 Å². The van der Waals surface area contributed by atoms with Crippen LogP contribution in [0.1, 0.15) is 26.3 Å². The summed E-state index contributed by atoms with van der Waals surface area (Å²) in [6.07, 6.45) is 0. The van der Waals surface area contributed by atoms with Crippen molar-refractivity contribution in [3.05, 3.63) is 48.0 Å². The third-order valence-electron chi connectivity index (χ3n) is 3.39. The largest absolute Gasteiger partial charge is 0.356 e. The normalized spacial score (nSPS) is 11.1. The summed E-state index contributed by atoms with van der Waals surface area (Å²) >= 11 is 0. The predicted molar refractivity (Wildman–Crippen MR) is 91.8 cm³/mol. The zero-order chi connectivity index (χ0) is 15.4. The van der Waals surface area contributed by atoms with Crippen molar-refractivity contribution >= 4 is 16.7 Å². The first-order valence-corrected chi connectivity index (χ1v) is 7.45. The van der Waals surface area contributed by atoms with E-state index in [1.54, 1.807) is 0 Å². The average Bonchev–Trinajstić information content (AvgIpc) is 2.43. The zero-order valence-electron chi connectivity index (χ0n) is 13.5. The molecule has 0 spiro atoms. The minimum atomic E-state index is 0.466. The lowest BCUT2D eigenvalue weighted by Crippen LogP contribution is -2.23. The molecule has 21 heavy (non-hydrogen) atoms.